The van der Waals surface area contributed by atoms with E-state index in [2.05, 4.69) is 31.4 Å². The number of nitrogens with zero attached hydrogens (tertiary/aromatic N) is 1. The van der Waals surface area contributed by atoms with Crippen molar-refractivity contribution in [2.45, 2.75) is 71.8 Å². The van der Waals surface area contributed by atoms with Gasteiger partial charge in [-0.05, 0) is 69.1 Å². The predicted molar refractivity (Wildman–Crippen MR) is 97.9 cm³/mol. The van der Waals surface area contributed by atoms with E-state index in [1.807, 2.05) is 0 Å². The summed E-state index contributed by atoms with van der Waals surface area (Å²) in [6.07, 6.45) is 9.02. The van der Waals surface area contributed by atoms with Crippen LogP contribution >= 0.6 is 0 Å². The minimum atomic E-state index is 0.424. The highest BCUT2D eigenvalue weighted by molar-refractivity contribution is 5.80. The fraction of sp³-hybridized carbons (Fsp3) is 0.947. The lowest BCUT2D eigenvalue weighted by atomic mass is 9.80. The molecular formula is C19H37N3O. The van der Waals surface area contributed by atoms with Crippen molar-refractivity contribution in [3.63, 3.8) is 0 Å². The molecule has 2 saturated carbocycles. The molecule has 0 radical (unpaired) electrons. The maximum Gasteiger partial charge on any atom is 0.191 e. The lowest BCUT2D eigenvalue weighted by Gasteiger charge is -2.32. The van der Waals surface area contributed by atoms with Crippen molar-refractivity contribution >= 4 is 5.96 Å². The number of nitrogens with one attached hydrogen (secondary N) is 2. The molecule has 2 N–H and O–H groups in total. The van der Waals surface area contributed by atoms with Crippen LogP contribution in [0.15, 0.2) is 4.99 Å². The maximum absolute atomic E-state index is 5.24. The van der Waals surface area contributed by atoms with Crippen molar-refractivity contribution in [3.05, 3.63) is 0 Å². The van der Waals surface area contributed by atoms with Gasteiger partial charge < -0.3 is 15.4 Å². The summed E-state index contributed by atoms with van der Waals surface area (Å²) in [5.41, 5.74) is 0.424. The van der Waals surface area contributed by atoms with E-state index in [-0.39, 0.29) is 0 Å². The molecule has 4 nitrogen and oxygen atoms in total. The van der Waals surface area contributed by atoms with Gasteiger partial charge in [-0.15, -0.1) is 0 Å². The highest BCUT2D eigenvalue weighted by Crippen LogP contribution is 2.48. The lowest BCUT2D eigenvalue weighted by Crippen LogP contribution is -2.45. The summed E-state index contributed by atoms with van der Waals surface area (Å²) in [6.45, 7) is 9.59. The largest absolute Gasteiger partial charge is 0.385 e. The second kappa shape index (κ2) is 8.91. The highest BCUT2D eigenvalue weighted by atomic mass is 16.5. The predicted octanol–water partition coefficient (Wildman–Crippen LogP) is 3.57. The molecule has 134 valence electrons. The van der Waals surface area contributed by atoms with E-state index >= 15 is 0 Å². The minimum Gasteiger partial charge on any atom is -0.385 e. The van der Waals surface area contributed by atoms with Gasteiger partial charge in [0, 0.05) is 32.8 Å². The first-order valence-electron chi connectivity index (χ1n) is 9.62. The molecule has 0 aromatic rings. The van der Waals surface area contributed by atoms with E-state index in [9.17, 15) is 0 Å². The quantitative estimate of drug-likeness (QED) is 0.530. The Morgan fingerprint density at radius 3 is 2.43 bits per heavy atom. The summed E-state index contributed by atoms with van der Waals surface area (Å²) in [5, 5.41) is 7.11. The van der Waals surface area contributed by atoms with E-state index < -0.39 is 0 Å². The van der Waals surface area contributed by atoms with Crippen LogP contribution in [0.2, 0.25) is 0 Å². The first-order chi connectivity index (χ1) is 11.1. The molecule has 0 bridgehead atoms. The molecule has 23 heavy (non-hydrogen) atoms. The topological polar surface area (TPSA) is 45.7 Å². The van der Waals surface area contributed by atoms with E-state index in [1.165, 1.54) is 38.5 Å². The molecule has 2 fully saturated rings. The van der Waals surface area contributed by atoms with Gasteiger partial charge in [-0.3, -0.25) is 4.99 Å². The van der Waals surface area contributed by atoms with Gasteiger partial charge in [0.2, 0.25) is 0 Å². The molecule has 0 aliphatic heterocycles. The number of hydrogen-bond acceptors (Lipinski definition) is 2. The Labute approximate surface area is 142 Å². The molecule has 0 saturated heterocycles. The van der Waals surface area contributed by atoms with E-state index in [1.54, 1.807) is 7.11 Å². The third-order valence-electron chi connectivity index (χ3n) is 5.77. The molecule has 0 amide bonds. The van der Waals surface area contributed by atoms with Crippen molar-refractivity contribution in [1.82, 2.24) is 10.6 Å². The molecule has 0 unspecified atom stereocenters. The molecule has 0 atom stereocenters. The summed E-state index contributed by atoms with van der Waals surface area (Å²) in [7, 11) is 1.79. The number of aliphatic imine (C=N–C) groups is 1. The van der Waals surface area contributed by atoms with Gasteiger partial charge in [0.25, 0.3) is 0 Å². The van der Waals surface area contributed by atoms with Gasteiger partial charge in [-0.1, -0.05) is 13.8 Å². The fourth-order valence-electron chi connectivity index (χ4n) is 3.67. The second-order valence-electron chi connectivity index (χ2n) is 7.94. The number of guanidine groups is 1. The molecule has 0 aromatic carbocycles. The first-order valence-corrected chi connectivity index (χ1v) is 9.62. The van der Waals surface area contributed by atoms with E-state index in [0.717, 1.165) is 43.9 Å². The normalized spacial score (nSPS) is 27.1. The Bertz CT molecular complexity index is 369. The highest BCUT2D eigenvalue weighted by Gasteiger charge is 2.41. The van der Waals surface area contributed by atoms with Crippen molar-refractivity contribution < 1.29 is 4.74 Å². The number of methoxy groups -OCH3 is 1. The Hall–Kier alpha value is -0.770. The van der Waals surface area contributed by atoms with Gasteiger partial charge >= 0.3 is 0 Å². The van der Waals surface area contributed by atoms with Crippen LogP contribution in [0.3, 0.4) is 0 Å². The van der Waals surface area contributed by atoms with E-state index in [4.69, 9.17) is 9.73 Å². The molecule has 0 aromatic heterocycles. The van der Waals surface area contributed by atoms with Crippen LogP contribution < -0.4 is 10.6 Å². The third-order valence-corrected chi connectivity index (χ3v) is 5.77. The average molecular weight is 324 g/mol. The smallest absolute Gasteiger partial charge is 0.191 e. The average Bonchev–Trinajstić information content (AvgIpc) is 3.32. The standard InChI is InChI=1S/C19H37N3O/c1-5-20-18(21-14-19(10-11-19)12-13-23-4)22-17-8-6-16(7-9-17)15(2)3/h15-17H,5-14H2,1-4H3,(H2,20,21,22). The fourth-order valence-corrected chi connectivity index (χ4v) is 3.67. The second-order valence-corrected chi connectivity index (χ2v) is 7.94. The van der Waals surface area contributed by atoms with Crippen LogP contribution in [0.5, 0.6) is 0 Å². The summed E-state index contributed by atoms with van der Waals surface area (Å²) < 4.78 is 5.24. The van der Waals surface area contributed by atoms with Crippen LogP contribution in [0.25, 0.3) is 0 Å². The molecule has 2 aliphatic carbocycles. The summed E-state index contributed by atoms with van der Waals surface area (Å²) in [4.78, 5) is 4.89. The van der Waals surface area contributed by atoms with Gasteiger partial charge in [-0.25, -0.2) is 0 Å². The Balaban J connectivity index is 1.80. The Kier molecular flexibility index (Phi) is 7.19. The van der Waals surface area contributed by atoms with Crippen LogP contribution in [0.4, 0.5) is 0 Å². The first kappa shape index (κ1) is 18.6. The number of ether oxygens (including phenoxy) is 1. The summed E-state index contributed by atoms with van der Waals surface area (Å²) in [5.74, 6) is 2.76. The van der Waals surface area contributed by atoms with Gasteiger partial charge in [-0.2, -0.15) is 0 Å². The van der Waals surface area contributed by atoms with Gasteiger partial charge in [0.15, 0.2) is 5.96 Å². The Morgan fingerprint density at radius 1 is 1.22 bits per heavy atom. The van der Waals surface area contributed by atoms with Crippen molar-refractivity contribution in [2.75, 3.05) is 26.8 Å². The lowest BCUT2D eigenvalue weighted by molar-refractivity contribution is 0.174. The van der Waals surface area contributed by atoms with Gasteiger partial charge in [0.05, 0.1) is 0 Å². The molecule has 0 heterocycles. The molecule has 2 aliphatic rings. The molecular weight excluding hydrogens is 286 g/mol. The van der Waals surface area contributed by atoms with Gasteiger partial charge in [0.1, 0.15) is 0 Å². The number of hydrogen-bond donors (Lipinski definition) is 2. The zero-order valence-corrected chi connectivity index (χ0v) is 15.7. The van der Waals surface area contributed by atoms with Crippen LogP contribution in [0, 0.1) is 17.3 Å². The SMILES string of the molecule is CCNC(=NCC1(CCOC)CC1)NC1CCC(C(C)C)CC1. The van der Waals surface area contributed by atoms with Crippen LogP contribution in [-0.4, -0.2) is 38.8 Å². The van der Waals surface area contributed by atoms with Crippen LogP contribution in [0.1, 0.15) is 65.7 Å². The summed E-state index contributed by atoms with van der Waals surface area (Å²) in [6, 6.07) is 0.594. The molecule has 0 spiro atoms. The van der Waals surface area contributed by atoms with Crippen LogP contribution in [-0.2, 0) is 4.74 Å². The zero-order valence-electron chi connectivity index (χ0n) is 15.7. The minimum absolute atomic E-state index is 0.424. The maximum atomic E-state index is 5.24. The zero-order chi connectivity index (χ0) is 16.7. The van der Waals surface area contributed by atoms with E-state index in [0.29, 0.717) is 11.5 Å². The van der Waals surface area contributed by atoms with Crippen molar-refractivity contribution in [2.24, 2.45) is 22.2 Å². The van der Waals surface area contributed by atoms with Crippen molar-refractivity contribution in [3.8, 4) is 0 Å². The Morgan fingerprint density at radius 2 is 1.91 bits per heavy atom. The molecule has 4 heteroatoms. The summed E-state index contributed by atoms with van der Waals surface area (Å²) >= 11 is 0. The molecule has 2 rings (SSSR count). The van der Waals surface area contributed by atoms with Crippen molar-refractivity contribution in [1.29, 1.82) is 0 Å². The third kappa shape index (κ3) is 5.98. The monoisotopic (exact) mass is 323 g/mol. The number of rotatable bonds is 8.